The smallest absolute Gasteiger partial charge is 0.234 e. The van der Waals surface area contributed by atoms with Gasteiger partial charge >= 0.3 is 0 Å². The number of aryl methyl sites for hydroxylation is 1. The van der Waals surface area contributed by atoms with Crippen LogP contribution in [0.2, 0.25) is 0 Å². The number of carbonyl (C=O) groups excluding carboxylic acids is 1. The van der Waals surface area contributed by atoms with Crippen molar-refractivity contribution in [3.8, 4) is 0 Å². The number of nitrogens with zero attached hydrogens (tertiary/aromatic N) is 1. The van der Waals surface area contributed by atoms with Crippen LogP contribution in [0.15, 0.2) is 42.5 Å². The van der Waals surface area contributed by atoms with Gasteiger partial charge in [0.05, 0.1) is 17.3 Å². The molecule has 1 atom stereocenters. The van der Waals surface area contributed by atoms with E-state index in [-0.39, 0.29) is 11.8 Å². The molecule has 2 aromatic rings. The lowest BCUT2D eigenvalue weighted by Gasteiger charge is -2.12. The summed E-state index contributed by atoms with van der Waals surface area (Å²) in [6, 6.07) is 14.1. The fraction of sp³-hybridized carbons (Fsp3) is 0.235. The van der Waals surface area contributed by atoms with Crippen molar-refractivity contribution in [2.24, 2.45) is 0 Å². The molecule has 2 N–H and O–H groups in total. The van der Waals surface area contributed by atoms with E-state index in [2.05, 4.69) is 31.2 Å². The molecule has 0 bridgehead atoms. The van der Waals surface area contributed by atoms with Crippen LogP contribution in [-0.2, 0) is 11.2 Å². The fourth-order valence-corrected chi connectivity index (χ4v) is 2.88. The van der Waals surface area contributed by atoms with Crippen molar-refractivity contribution in [2.45, 2.75) is 19.3 Å². The van der Waals surface area contributed by atoms with Gasteiger partial charge in [-0.1, -0.05) is 42.0 Å². The molecule has 1 aliphatic rings. The van der Waals surface area contributed by atoms with Crippen molar-refractivity contribution in [2.75, 3.05) is 17.7 Å². The van der Waals surface area contributed by atoms with E-state index in [1.165, 1.54) is 11.1 Å². The van der Waals surface area contributed by atoms with Gasteiger partial charge in [-0.2, -0.15) is 0 Å². The summed E-state index contributed by atoms with van der Waals surface area (Å²) in [6.45, 7) is 2.06. The van der Waals surface area contributed by atoms with Crippen LogP contribution in [0, 0.1) is 6.92 Å². The molecule has 0 radical (unpaired) electrons. The monoisotopic (exact) mass is 266 g/mol. The number of benzene rings is 2. The van der Waals surface area contributed by atoms with Gasteiger partial charge in [-0.25, -0.2) is 0 Å². The molecule has 0 saturated heterocycles. The topological polar surface area (TPSA) is 46.3 Å². The molecule has 1 aliphatic heterocycles. The van der Waals surface area contributed by atoms with Gasteiger partial charge in [-0.05, 0) is 30.5 Å². The van der Waals surface area contributed by atoms with Crippen molar-refractivity contribution in [1.29, 1.82) is 0 Å². The highest BCUT2D eigenvalue weighted by Crippen LogP contribution is 2.41. The number of amides is 1. The van der Waals surface area contributed by atoms with Crippen LogP contribution >= 0.6 is 0 Å². The highest BCUT2D eigenvalue weighted by atomic mass is 16.2. The van der Waals surface area contributed by atoms with E-state index in [9.17, 15) is 4.79 Å². The average Bonchev–Trinajstić information content (AvgIpc) is 2.67. The first-order valence-electron chi connectivity index (χ1n) is 6.79. The highest BCUT2D eigenvalue weighted by molar-refractivity contribution is 6.07. The summed E-state index contributed by atoms with van der Waals surface area (Å²) in [6.07, 6.45) is 0.722. The molecular weight excluding hydrogens is 248 g/mol. The summed E-state index contributed by atoms with van der Waals surface area (Å²) in [7, 11) is 1.80. The van der Waals surface area contributed by atoms with Crippen LogP contribution in [0.3, 0.4) is 0 Å². The van der Waals surface area contributed by atoms with Crippen LogP contribution in [0.5, 0.6) is 0 Å². The van der Waals surface area contributed by atoms with Gasteiger partial charge in [0.2, 0.25) is 5.91 Å². The number of likely N-dealkylation sites (N-methyl/N-ethyl adjacent to an activating group) is 1. The Bertz CT molecular complexity index is 661. The molecule has 3 heteroatoms. The van der Waals surface area contributed by atoms with Crippen molar-refractivity contribution in [3.05, 3.63) is 59.2 Å². The number of hydrogen-bond donors (Lipinski definition) is 1. The normalized spacial score (nSPS) is 17.4. The van der Waals surface area contributed by atoms with E-state index in [0.29, 0.717) is 5.69 Å². The minimum Gasteiger partial charge on any atom is -0.397 e. The van der Waals surface area contributed by atoms with Crippen molar-refractivity contribution in [1.82, 2.24) is 0 Å². The largest absolute Gasteiger partial charge is 0.397 e. The number of para-hydroxylation sites is 1. The molecule has 2 aromatic carbocycles. The van der Waals surface area contributed by atoms with E-state index in [4.69, 9.17) is 5.73 Å². The third-order valence-electron chi connectivity index (χ3n) is 4.00. The van der Waals surface area contributed by atoms with E-state index in [1.807, 2.05) is 18.2 Å². The second kappa shape index (κ2) is 4.67. The Morgan fingerprint density at radius 3 is 2.55 bits per heavy atom. The zero-order chi connectivity index (χ0) is 14.3. The number of carbonyl (C=O) groups is 1. The zero-order valence-electron chi connectivity index (χ0n) is 11.8. The van der Waals surface area contributed by atoms with Gasteiger partial charge in [-0.15, -0.1) is 0 Å². The molecule has 1 unspecified atom stereocenters. The van der Waals surface area contributed by atoms with E-state index < -0.39 is 0 Å². The van der Waals surface area contributed by atoms with Gasteiger partial charge in [-0.3, -0.25) is 4.79 Å². The lowest BCUT2D eigenvalue weighted by Crippen LogP contribution is -2.25. The maximum absolute atomic E-state index is 12.5. The first-order chi connectivity index (χ1) is 9.58. The van der Waals surface area contributed by atoms with Gasteiger partial charge in [0.25, 0.3) is 0 Å². The molecule has 3 nitrogen and oxygen atoms in total. The van der Waals surface area contributed by atoms with Gasteiger partial charge < -0.3 is 10.6 Å². The Balaban J connectivity index is 1.97. The number of nitrogen functional groups attached to an aromatic ring is 1. The van der Waals surface area contributed by atoms with Gasteiger partial charge in [0.15, 0.2) is 0 Å². The minimum atomic E-state index is -0.124. The molecule has 1 heterocycles. The highest BCUT2D eigenvalue weighted by Gasteiger charge is 2.36. The lowest BCUT2D eigenvalue weighted by molar-refractivity contribution is -0.119. The average molecular weight is 266 g/mol. The Hall–Kier alpha value is -2.29. The predicted octanol–water partition coefficient (Wildman–Crippen LogP) is 2.88. The lowest BCUT2D eigenvalue weighted by atomic mass is 9.92. The number of hydrogen-bond acceptors (Lipinski definition) is 2. The summed E-state index contributed by atoms with van der Waals surface area (Å²) in [5.41, 5.74) is 11.0. The standard InChI is InChI=1S/C17H18N2O/c1-11-6-8-12(9-7-11)10-14-13-4-3-5-15(18)16(13)19(2)17(14)20/h3-9,14H,10,18H2,1-2H3. The van der Waals surface area contributed by atoms with E-state index >= 15 is 0 Å². The first kappa shape index (κ1) is 12.7. The van der Waals surface area contributed by atoms with Crippen LogP contribution in [0.25, 0.3) is 0 Å². The number of anilines is 2. The Kier molecular flexibility index (Phi) is 2.97. The quantitative estimate of drug-likeness (QED) is 0.850. The minimum absolute atomic E-state index is 0.124. The van der Waals surface area contributed by atoms with Gasteiger partial charge in [0.1, 0.15) is 0 Å². The van der Waals surface area contributed by atoms with Gasteiger partial charge in [0, 0.05) is 7.05 Å². The number of fused-ring (bicyclic) bond motifs is 1. The molecule has 0 aromatic heterocycles. The molecule has 0 spiro atoms. The first-order valence-corrected chi connectivity index (χ1v) is 6.79. The van der Waals surface area contributed by atoms with E-state index in [1.54, 1.807) is 11.9 Å². The third-order valence-corrected chi connectivity index (χ3v) is 4.00. The van der Waals surface area contributed by atoms with Crippen LogP contribution in [0.1, 0.15) is 22.6 Å². The Morgan fingerprint density at radius 1 is 1.15 bits per heavy atom. The summed E-state index contributed by atoms with van der Waals surface area (Å²) in [5.74, 6) is -0.000295. The number of rotatable bonds is 2. The summed E-state index contributed by atoms with van der Waals surface area (Å²) >= 11 is 0. The zero-order valence-corrected chi connectivity index (χ0v) is 11.8. The second-order valence-electron chi connectivity index (χ2n) is 5.42. The molecule has 3 rings (SSSR count). The van der Waals surface area contributed by atoms with Crippen LogP contribution < -0.4 is 10.6 Å². The maximum atomic E-state index is 12.5. The maximum Gasteiger partial charge on any atom is 0.234 e. The summed E-state index contributed by atoms with van der Waals surface area (Å²) in [5, 5.41) is 0. The summed E-state index contributed by atoms with van der Waals surface area (Å²) in [4.78, 5) is 14.1. The van der Waals surface area contributed by atoms with Crippen molar-refractivity contribution >= 4 is 17.3 Å². The van der Waals surface area contributed by atoms with Crippen molar-refractivity contribution < 1.29 is 4.79 Å². The molecule has 20 heavy (non-hydrogen) atoms. The molecule has 0 aliphatic carbocycles. The second-order valence-corrected chi connectivity index (χ2v) is 5.42. The summed E-state index contributed by atoms with van der Waals surface area (Å²) < 4.78 is 0. The molecule has 102 valence electrons. The SMILES string of the molecule is Cc1ccc(CC2C(=O)N(C)c3c(N)cccc32)cc1. The van der Waals surface area contributed by atoms with Crippen molar-refractivity contribution in [3.63, 3.8) is 0 Å². The predicted molar refractivity (Wildman–Crippen MR) is 81.9 cm³/mol. The Morgan fingerprint density at radius 2 is 1.85 bits per heavy atom. The van der Waals surface area contributed by atoms with E-state index in [0.717, 1.165) is 17.7 Å². The van der Waals surface area contributed by atoms with Crippen LogP contribution in [0.4, 0.5) is 11.4 Å². The fourth-order valence-electron chi connectivity index (χ4n) is 2.88. The van der Waals surface area contributed by atoms with Crippen LogP contribution in [-0.4, -0.2) is 13.0 Å². The molecular formula is C17H18N2O. The number of nitrogens with two attached hydrogens (primary N) is 1. The third kappa shape index (κ3) is 1.95. The molecule has 0 saturated carbocycles. The molecule has 1 amide bonds. The molecule has 0 fully saturated rings. The Labute approximate surface area is 119 Å².